The van der Waals surface area contributed by atoms with Gasteiger partial charge in [0.05, 0.1) is 5.92 Å². The highest BCUT2D eigenvalue weighted by Gasteiger charge is 2.47. The molecule has 1 unspecified atom stereocenters. The van der Waals surface area contributed by atoms with Crippen LogP contribution in [0.15, 0.2) is 24.3 Å². The minimum absolute atomic E-state index is 0.124. The fourth-order valence-corrected chi connectivity index (χ4v) is 1.68. The molecule has 0 N–H and O–H groups in total. The molecule has 1 rings (SSSR count). The van der Waals surface area contributed by atoms with Crippen molar-refractivity contribution in [2.24, 2.45) is 0 Å². The highest BCUT2D eigenvalue weighted by atomic mass is 35.5. The molecule has 0 saturated carbocycles. The van der Waals surface area contributed by atoms with E-state index in [1.807, 2.05) is 0 Å². The Morgan fingerprint density at radius 3 is 1.81 bits per heavy atom. The highest BCUT2D eigenvalue weighted by molar-refractivity contribution is 6.30. The summed E-state index contributed by atoms with van der Waals surface area (Å²) in [7, 11) is 0. The Hall–Kier alpha value is -1.57. The summed E-state index contributed by atoms with van der Waals surface area (Å²) in [6, 6.07) is 4.18. The predicted octanol–water partition coefficient (Wildman–Crippen LogP) is 4.08. The van der Waals surface area contributed by atoms with Crippen LogP contribution >= 0.6 is 11.6 Å². The maximum Gasteiger partial charge on any atom is 0.450 e. The Kier molecular flexibility index (Phi) is 5.03. The lowest BCUT2D eigenvalue weighted by Crippen LogP contribution is -2.33. The monoisotopic (exact) mass is 332 g/mol. The van der Waals surface area contributed by atoms with Crippen molar-refractivity contribution >= 4 is 23.2 Å². The van der Waals surface area contributed by atoms with Gasteiger partial charge in [0, 0.05) is 11.4 Å². The van der Waals surface area contributed by atoms with Crippen molar-refractivity contribution in [1.82, 2.24) is 0 Å². The molecular formula is C12H7ClF6O2. The number of rotatable bonds is 4. The van der Waals surface area contributed by atoms with E-state index in [1.54, 1.807) is 0 Å². The summed E-state index contributed by atoms with van der Waals surface area (Å²) in [5.41, 5.74) is -0.362. The number of alkyl halides is 6. The van der Waals surface area contributed by atoms with E-state index in [1.165, 1.54) is 0 Å². The van der Waals surface area contributed by atoms with Crippen LogP contribution in [0.5, 0.6) is 0 Å². The van der Waals surface area contributed by atoms with Gasteiger partial charge in [0.2, 0.25) is 11.6 Å². The molecule has 0 aliphatic rings. The third-order valence-electron chi connectivity index (χ3n) is 2.57. The number of ketones is 2. The van der Waals surface area contributed by atoms with Gasteiger partial charge in [-0.15, -0.1) is 0 Å². The van der Waals surface area contributed by atoms with Crippen LogP contribution in [0.4, 0.5) is 26.3 Å². The molecule has 0 spiro atoms. The molecule has 0 aromatic heterocycles. The van der Waals surface area contributed by atoms with Gasteiger partial charge in [-0.2, -0.15) is 26.3 Å². The Labute approximate surface area is 119 Å². The summed E-state index contributed by atoms with van der Waals surface area (Å²) in [5, 5.41) is 0.124. The fraction of sp³-hybridized carbons (Fsp3) is 0.333. The molecule has 1 aromatic carbocycles. The highest BCUT2D eigenvalue weighted by Crippen LogP contribution is 2.33. The lowest BCUT2D eigenvalue weighted by Gasteiger charge is -2.18. The third kappa shape index (κ3) is 4.73. The zero-order valence-electron chi connectivity index (χ0n) is 10.1. The number of carbonyl (C=O) groups excluding carboxylic acids is 2. The van der Waals surface area contributed by atoms with Crippen molar-refractivity contribution in [3.63, 3.8) is 0 Å². The molecule has 21 heavy (non-hydrogen) atoms. The summed E-state index contributed by atoms with van der Waals surface area (Å²) in [6.07, 6.45) is -12.3. The second-order valence-electron chi connectivity index (χ2n) is 4.09. The summed E-state index contributed by atoms with van der Waals surface area (Å²) in [5.74, 6) is -7.07. The number of hydrogen-bond donors (Lipinski definition) is 0. The standard InChI is InChI=1S/C12H7ClF6O2/c13-7-3-1-6(2-4-7)8(10(21)12(17,18)19)5-9(20)11(14,15)16/h1-4,8H,5H2. The maximum absolute atomic E-state index is 12.4. The Bertz CT molecular complexity index is 532. The van der Waals surface area contributed by atoms with Crippen LogP contribution < -0.4 is 0 Å². The van der Waals surface area contributed by atoms with E-state index in [0.29, 0.717) is 0 Å². The molecule has 1 aromatic rings. The lowest BCUT2D eigenvalue weighted by atomic mass is 9.89. The van der Waals surface area contributed by atoms with Gasteiger partial charge in [-0.25, -0.2) is 0 Å². The normalized spacial score (nSPS) is 13.9. The van der Waals surface area contributed by atoms with Crippen molar-refractivity contribution in [2.45, 2.75) is 24.7 Å². The largest absolute Gasteiger partial charge is 0.450 e. The first-order valence-electron chi connectivity index (χ1n) is 5.39. The first kappa shape index (κ1) is 17.5. The second-order valence-corrected chi connectivity index (χ2v) is 4.53. The van der Waals surface area contributed by atoms with Gasteiger partial charge in [0.25, 0.3) is 0 Å². The van der Waals surface area contributed by atoms with Gasteiger partial charge in [0.1, 0.15) is 0 Å². The van der Waals surface area contributed by atoms with E-state index in [-0.39, 0.29) is 10.6 Å². The van der Waals surface area contributed by atoms with E-state index in [9.17, 15) is 35.9 Å². The van der Waals surface area contributed by atoms with Crippen LogP contribution in [0, 0.1) is 0 Å². The van der Waals surface area contributed by atoms with Crippen molar-refractivity contribution in [3.8, 4) is 0 Å². The lowest BCUT2D eigenvalue weighted by molar-refractivity contribution is -0.178. The molecule has 0 amide bonds. The molecule has 0 aliphatic heterocycles. The van der Waals surface area contributed by atoms with Gasteiger partial charge in [-0.05, 0) is 17.7 Å². The molecule has 0 heterocycles. The number of carbonyl (C=O) groups is 2. The van der Waals surface area contributed by atoms with Crippen LogP contribution in [0.25, 0.3) is 0 Å². The van der Waals surface area contributed by atoms with Crippen LogP contribution in [0.3, 0.4) is 0 Å². The summed E-state index contributed by atoms with van der Waals surface area (Å²) in [6.45, 7) is 0. The maximum atomic E-state index is 12.4. The third-order valence-corrected chi connectivity index (χ3v) is 2.83. The van der Waals surface area contributed by atoms with Crippen LogP contribution in [0.2, 0.25) is 5.02 Å². The fourth-order valence-electron chi connectivity index (χ4n) is 1.56. The van der Waals surface area contributed by atoms with E-state index in [4.69, 9.17) is 11.6 Å². The molecular weight excluding hydrogens is 326 g/mol. The molecule has 0 saturated heterocycles. The average Bonchev–Trinajstić information content (AvgIpc) is 2.33. The molecule has 0 bridgehead atoms. The Morgan fingerprint density at radius 2 is 1.43 bits per heavy atom. The quantitative estimate of drug-likeness (QED) is 0.779. The van der Waals surface area contributed by atoms with E-state index >= 15 is 0 Å². The van der Waals surface area contributed by atoms with Crippen molar-refractivity contribution in [3.05, 3.63) is 34.9 Å². The molecule has 0 aliphatic carbocycles. The molecule has 0 radical (unpaired) electrons. The van der Waals surface area contributed by atoms with Crippen LogP contribution in [-0.2, 0) is 9.59 Å². The summed E-state index contributed by atoms with van der Waals surface area (Å²) in [4.78, 5) is 22.1. The minimum Gasteiger partial charge on any atom is -0.290 e. The Morgan fingerprint density at radius 1 is 0.952 bits per heavy atom. The summed E-state index contributed by atoms with van der Waals surface area (Å²) < 4.78 is 73.9. The van der Waals surface area contributed by atoms with Gasteiger partial charge in [0.15, 0.2) is 0 Å². The summed E-state index contributed by atoms with van der Waals surface area (Å²) >= 11 is 5.51. The topological polar surface area (TPSA) is 34.1 Å². The number of halogens is 7. The molecule has 116 valence electrons. The van der Waals surface area contributed by atoms with Gasteiger partial charge in [-0.3, -0.25) is 9.59 Å². The van der Waals surface area contributed by atoms with Crippen LogP contribution in [0.1, 0.15) is 17.9 Å². The number of benzene rings is 1. The van der Waals surface area contributed by atoms with Gasteiger partial charge < -0.3 is 0 Å². The van der Waals surface area contributed by atoms with Gasteiger partial charge in [-0.1, -0.05) is 23.7 Å². The number of hydrogen-bond acceptors (Lipinski definition) is 2. The first-order chi connectivity index (χ1) is 9.43. The number of Topliss-reactive ketones (excluding diaryl/α,β-unsaturated/α-hetero) is 2. The average molecular weight is 333 g/mol. The molecule has 9 heteroatoms. The molecule has 0 fully saturated rings. The minimum atomic E-state index is -5.35. The Balaban J connectivity index is 3.15. The van der Waals surface area contributed by atoms with E-state index < -0.39 is 36.3 Å². The van der Waals surface area contributed by atoms with Gasteiger partial charge >= 0.3 is 12.4 Å². The first-order valence-corrected chi connectivity index (χ1v) is 5.77. The SMILES string of the molecule is O=C(CC(C(=O)C(F)(F)F)c1ccc(Cl)cc1)C(F)(F)F. The zero-order valence-corrected chi connectivity index (χ0v) is 10.8. The van der Waals surface area contributed by atoms with Crippen molar-refractivity contribution < 1.29 is 35.9 Å². The smallest absolute Gasteiger partial charge is 0.290 e. The van der Waals surface area contributed by atoms with Crippen molar-refractivity contribution in [1.29, 1.82) is 0 Å². The van der Waals surface area contributed by atoms with E-state index in [2.05, 4.69) is 0 Å². The zero-order chi connectivity index (χ0) is 16.4. The van der Waals surface area contributed by atoms with Crippen molar-refractivity contribution in [2.75, 3.05) is 0 Å². The van der Waals surface area contributed by atoms with E-state index in [0.717, 1.165) is 24.3 Å². The molecule has 2 nitrogen and oxygen atoms in total. The predicted molar refractivity (Wildman–Crippen MR) is 60.9 cm³/mol. The second kappa shape index (κ2) is 6.05. The van der Waals surface area contributed by atoms with Crippen LogP contribution in [-0.4, -0.2) is 23.9 Å². The molecule has 1 atom stereocenters.